The number of benzene rings is 3. The molecule has 184 valence electrons. The zero-order valence-corrected chi connectivity index (χ0v) is 22.0. The second-order valence-electron chi connectivity index (χ2n) is 8.74. The Morgan fingerprint density at radius 3 is 2.11 bits per heavy atom. The van der Waals surface area contributed by atoms with Gasteiger partial charge in [-0.3, -0.25) is 4.79 Å². The van der Waals surface area contributed by atoms with E-state index < -0.39 is 0 Å². The quantitative estimate of drug-likeness (QED) is 0.193. The maximum Gasteiger partial charge on any atom is 0.269 e. The fraction of sp³-hybridized carbons (Fsp3) is 0.111. The highest BCUT2D eigenvalue weighted by Crippen LogP contribution is 2.53. The topological polar surface area (TPSA) is 73.8 Å². The monoisotopic (exact) mass is 568 g/mol. The maximum absolute atomic E-state index is 12.5. The summed E-state index contributed by atoms with van der Waals surface area (Å²) in [6.45, 7) is 0. The molecule has 0 unspecified atom stereocenters. The number of halogens is 4. The molecule has 2 heterocycles. The molecule has 1 fully saturated rings. The molecule has 0 saturated heterocycles. The highest BCUT2D eigenvalue weighted by molar-refractivity contribution is 6.35. The number of carbonyl (C=O) groups is 1. The predicted octanol–water partition coefficient (Wildman–Crippen LogP) is 8.10. The van der Waals surface area contributed by atoms with Crippen LogP contribution in [0.15, 0.2) is 71.1 Å². The number of hydrogen-bond donors (Lipinski definition) is 0. The van der Waals surface area contributed by atoms with Crippen LogP contribution in [0.3, 0.4) is 0 Å². The van der Waals surface area contributed by atoms with Crippen molar-refractivity contribution in [2.75, 3.05) is 0 Å². The SMILES string of the molecule is O=Cc1c(-c2nnc(C3(c4ccc(Cl)cc4)CC3)o2)nn(-c2ccc(Cl)cc2Cl)c1-c1ccc(Cl)cc1. The van der Waals surface area contributed by atoms with E-state index in [1.54, 1.807) is 47.1 Å². The lowest BCUT2D eigenvalue weighted by atomic mass is 9.96. The molecule has 0 spiro atoms. The van der Waals surface area contributed by atoms with Crippen molar-refractivity contribution in [3.05, 3.63) is 104 Å². The number of aromatic nitrogens is 4. The van der Waals surface area contributed by atoms with Gasteiger partial charge in [0.2, 0.25) is 5.89 Å². The van der Waals surface area contributed by atoms with Gasteiger partial charge in [0, 0.05) is 20.6 Å². The van der Waals surface area contributed by atoms with E-state index in [-0.39, 0.29) is 22.6 Å². The summed E-state index contributed by atoms with van der Waals surface area (Å²) in [6.07, 6.45) is 2.45. The van der Waals surface area contributed by atoms with E-state index in [4.69, 9.17) is 55.9 Å². The standard InChI is InChI=1S/C27H16Cl4N4O2/c28-17-5-1-15(2-6-17)24-20(14-36)23(34-35(24)22-10-9-19(30)13-21(22)31)25-32-33-26(37-25)27(11-12-27)16-3-7-18(29)8-4-16/h1-10,13-14H,11-12H2. The number of carbonyl (C=O) groups excluding carboxylic acids is 1. The summed E-state index contributed by atoms with van der Waals surface area (Å²) in [5, 5.41) is 15.4. The molecule has 0 bridgehead atoms. The minimum absolute atomic E-state index is 0.136. The molecule has 10 heteroatoms. The second kappa shape index (κ2) is 9.30. The molecular weight excluding hydrogens is 554 g/mol. The average Bonchev–Trinajstić information content (AvgIpc) is 3.38. The van der Waals surface area contributed by atoms with Crippen LogP contribution in [0.25, 0.3) is 28.5 Å². The van der Waals surface area contributed by atoms with Crippen LogP contribution >= 0.6 is 46.4 Å². The van der Waals surface area contributed by atoms with Gasteiger partial charge in [-0.2, -0.15) is 5.10 Å². The van der Waals surface area contributed by atoms with Crippen LogP contribution in [0.4, 0.5) is 0 Å². The van der Waals surface area contributed by atoms with Crippen molar-refractivity contribution < 1.29 is 9.21 Å². The molecule has 0 atom stereocenters. The first-order valence-electron chi connectivity index (χ1n) is 11.3. The number of hydrogen-bond acceptors (Lipinski definition) is 5. The van der Waals surface area contributed by atoms with Gasteiger partial charge in [0.05, 0.1) is 27.4 Å². The minimum Gasteiger partial charge on any atom is -0.418 e. The molecule has 37 heavy (non-hydrogen) atoms. The molecule has 1 aliphatic rings. The van der Waals surface area contributed by atoms with Gasteiger partial charge in [0.25, 0.3) is 5.89 Å². The molecular formula is C27H16Cl4N4O2. The summed E-state index contributed by atoms with van der Waals surface area (Å²) >= 11 is 24.8. The van der Waals surface area contributed by atoms with E-state index in [0.29, 0.717) is 42.9 Å². The van der Waals surface area contributed by atoms with Gasteiger partial charge in [0.1, 0.15) is 0 Å². The third-order valence-electron chi connectivity index (χ3n) is 6.48. The van der Waals surface area contributed by atoms with Crippen LogP contribution in [0, 0.1) is 0 Å². The van der Waals surface area contributed by atoms with Crippen molar-refractivity contribution in [2.24, 2.45) is 0 Å². The van der Waals surface area contributed by atoms with Crippen LogP contribution in [-0.2, 0) is 5.41 Å². The molecule has 6 nitrogen and oxygen atoms in total. The molecule has 0 amide bonds. The third-order valence-corrected chi connectivity index (χ3v) is 7.52. The minimum atomic E-state index is -0.377. The van der Waals surface area contributed by atoms with Gasteiger partial charge >= 0.3 is 0 Å². The molecule has 0 N–H and O–H groups in total. The van der Waals surface area contributed by atoms with Gasteiger partial charge in [0.15, 0.2) is 12.0 Å². The fourth-order valence-electron chi connectivity index (χ4n) is 4.44. The van der Waals surface area contributed by atoms with Crippen molar-refractivity contribution >= 4 is 52.7 Å². The molecule has 5 aromatic rings. The first-order chi connectivity index (χ1) is 17.9. The normalized spacial score (nSPS) is 14.1. The fourth-order valence-corrected chi connectivity index (χ4v) is 5.19. The summed E-state index contributed by atoms with van der Waals surface area (Å²) in [7, 11) is 0. The van der Waals surface area contributed by atoms with E-state index in [9.17, 15) is 4.79 Å². The van der Waals surface area contributed by atoms with Crippen molar-refractivity contribution in [2.45, 2.75) is 18.3 Å². The molecule has 2 aromatic heterocycles. The number of aldehydes is 1. The number of nitrogens with zero attached hydrogens (tertiary/aromatic N) is 4. The Morgan fingerprint density at radius 1 is 0.838 bits per heavy atom. The first-order valence-corrected chi connectivity index (χ1v) is 12.8. The van der Waals surface area contributed by atoms with Gasteiger partial charge in [-0.15, -0.1) is 10.2 Å². The van der Waals surface area contributed by atoms with E-state index in [1.807, 2.05) is 24.3 Å². The lowest BCUT2D eigenvalue weighted by molar-refractivity contribution is 0.112. The average molecular weight is 570 g/mol. The predicted molar refractivity (Wildman–Crippen MR) is 144 cm³/mol. The summed E-state index contributed by atoms with van der Waals surface area (Å²) in [5.41, 5.74) is 2.93. The number of rotatable bonds is 6. The summed E-state index contributed by atoms with van der Waals surface area (Å²) < 4.78 is 7.75. The molecule has 3 aromatic carbocycles. The van der Waals surface area contributed by atoms with E-state index >= 15 is 0 Å². The molecule has 1 saturated carbocycles. The summed E-state index contributed by atoms with van der Waals surface area (Å²) in [6, 6.07) is 19.7. The summed E-state index contributed by atoms with van der Waals surface area (Å²) in [5.74, 6) is 0.602. The second-order valence-corrected chi connectivity index (χ2v) is 10.5. The Balaban J connectivity index is 1.51. The lowest BCUT2D eigenvalue weighted by Gasteiger charge is -2.10. The van der Waals surface area contributed by atoms with Crippen molar-refractivity contribution in [1.82, 2.24) is 20.0 Å². The Bertz CT molecular complexity index is 1640. The first kappa shape index (κ1) is 24.2. The van der Waals surface area contributed by atoms with Crippen molar-refractivity contribution in [3.8, 4) is 28.5 Å². The van der Waals surface area contributed by atoms with Crippen LogP contribution in [0.5, 0.6) is 0 Å². The Labute approximate surface area is 231 Å². The smallest absolute Gasteiger partial charge is 0.269 e. The Hall–Kier alpha value is -3.16. The van der Waals surface area contributed by atoms with Crippen molar-refractivity contribution in [1.29, 1.82) is 0 Å². The van der Waals surface area contributed by atoms with Gasteiger partial charge < -0.3 is 4.42 Å². The highest BCUT2D eigenvalue weighted by Gasteiger charge is 2.51. The summed E-state index contributed by atoms with van der Waals surface area (Å²) in [4.78, 5) is 12.5. The van der Waals surface area contributed by atoms with Crippen LogP contribution in [0.1, 0.15) is 34.7 Å². The van der Waals surface area contributed by atoms with E-state index in [0.717, 1.165) is 24.7 Å². The van der Waals surface area contributed by atoms with Gasteiger partial charge in [-0.05, 0) is 60.9 Å². The Morgan fingerprint density at radius 2 is 1.49 bits per heavy atom. The largest absolute Gasteiger partial charge is 0.418 e. The van der Waals surface area contributed by atoms with Crippen LogP contribution in [0.2, 0.25) is 20.1 Å². The zero-order chi connectivity index (χ0) is 25.7. The van der Waals surface area contributed by atoms with Crippen LogP contribution < -0.4 is 0 Å². The zero-order valence-electron chi connectivity index (χ0n) is 19.0. The van der Waals surface area contributed by atoms with E-state index in [2.05, 4.69) is 10.2 Å². The maximum atomic E-state index is 12.5. The highest BCUT2D eigenvalue weighted by atomic mass is 35.5. The van der Waals surface area contributed by atoms with Gasteiger partial charge in [-0.1, -0.05) is 70.7 Å². The Kier molecular flexibility index (Phi) is 6.08. The lowest BCUT2D eigenvalue weighted by Crippen LogP contribution is -2.08. The van der Waals surface area contributed by atoms with Gasteiger partial charge in [-0.25, -0.2) is 4.68 Å². The van der Waals surface area contributed by atoms with Crippen LogP contribution in [-0.4, -0.2) is 26.3 Å². The molecule has 0 aliphatic heterocycles. The molecule has 6 rings (SSSR count). The van der Waals surface area contributed by atoms with Crippen molar-refractivity contribution in [3.63, 3.8) is 0 Å². The third kappa shape index (κ3) is 4.24. The molecule has 0 radical (unpaired) electrons. The van der Waals surface area contributed by atoms with E-state index in [1.165, 1.54) is 0 Å². The molecule has 1 aliphatic carbocycles.